The number of ether oxygens (including phenoxy) is 1. The number of fused-ring (bicyclic) bond motifs is 1. The van der Waals surface area contributed by atoms with Crippen molar-refractivity contribution in [2.45, 2.75) is 20.3 Å². The van der Waals surface area contributed by atoms with Crippen molar-refractivity contribution >= 4 is 34.5 Å². The van der Waals surface area contributed by atoms with Crippen molar-refractivity contribution < 1.29 is 14.3 Å². The molecule has 0 aliphatic heterocycles. The SMILES string of the molecule is Cc1nc2ccc(C(=O)OCC(=O)NCCc3cccc(Cl)c3)cc2nc1C. The van der Waals surface area contributed by atoms with Crippen LogP contribution < -0.4 is 5.32 Å². The van der Waals surface area contributed by atoms with E-state index in [0.29, 0.717) is 34.6 Å². The summed E-state index contributed by atoms with van der Waals surface area (Å²) in [4.78, 5) is 33.0. The van der Waals surface area contributed by atoms with E-state index in [-0.39, 0.29) is 12.5 Å². The van der Waals surface area contributed by atoms with Gasteiger partial charge in [-0.2, -0.15) is 0 Å². The Labute approximate surface area is 167 Å². The average molecular weight is 398 g/mol. The maximum Gasteiger partial charge on any atom is 0.338 e. The van der Waals surface area contributed by atoms with Crippen molar-refractivity contribution in [1.82, 2.24) is 15.3 Å². The minimum absolute atomic E-state index is 0.330. The van der Waals surface area contributed by atoms with Gasteiger partial charge in [0.2, 0.25) is 0 Å². The minimum atomic E-state index is -0.577. The number of aromatic nitrogens is 2. The second-order valence-corrected chi connectivity index (χ2v) is 6.84. The normalized spacial score (nSPS) is 10.7. The number of nitrogens with zero attached hydrogens (tertiary/aromatic N) is 2. The van der Waals surface area contributed by atoms with E-state index in [4.69, 9.17) is 16.3 Å². The van der Waals surface area contributed by atoms with Crippen molar-refractivity contribution in [1.29, 1.82) is 0 Å². The van der Waals surface area contributed by atoms with Crippen molar-refractivity contribution in [2.24, 2.45) is 0 Å². The van der Waals surface area contributed by atoms with E-state index in [2.05, 4.69) is 15.3 Å². The fourth-order valence-corrected chi connectivity index (χ4v) is 2.87. The molecule has 144 valence electrons. The van der Waals surface area contributed by atoms with E-state index in [1.54, 1.807) is 24.3 Å². The number of rotatable bonds is 6. The first kappa shape index (κ1) is 19.8. The summed E-state index contributed by atoms with van der Waals surface area (Å²) in [5, 5.41) is 3.37. The van der Waals surface area contributed by atoms with Crippen LogP contribution in [0.4, 0.5) is 0 Å². The van der Waals surface area contributed by atoms with Gasteiger partial charge < -0.3 is 10.1 Å². The molecule has 0 radical (unpaired) electrons. The molecule has 1 aromatic heterocycles. The van der Waals surface area contributed by atoms with Crippen LogP contribution in [0, 0.1) is 13.8 Å². The molecule has 0 aliphatic carbocycles. The summed E-state index contributed by atoms with van der Waals surface area (Å²) in [7, 11) is 0. The van der Waals surface area contributed by atoms with Gasteiger partial charge >= 0.3 is 5.97 Å². The quantitative estimate of drug-likeness (QED) is 0.644. The first-order valence-electron chi connectivity index (χ1n) is 8.85. The highest BCUT2D eigenvalue weighted by atomic mass is 35.5. The lowest BCUT2D eigenvalue weighted by Crippen LogP contribution is -2.30. The standard InChI is InChI=1S/C21H20ClN3O3/c1-13-14(2)25-19-11-16(6-7-18(19)24-13)21(27)28-12-20(26)23-9-8-15-4-3-5-17(22)10-15/h3-7,10-11H,8-9,12H2,1-2H3,(H,23,26). The summed E-state index contributed by atoms with van der Waals surface area (Å²) in [6, 6.07) is 12.4. The molecule has 0 bridgehead atoms. The first-order valence-corrected chi connectivity index (χ1v) is 9.23. The van der Waals surface area contributed by atoms with Crippen LogP contribution in [0.15, 0.2) is 42.5 Å². The minimum Gasteiger partial charge on any atom is -0.452 e. The Morgan fingerprint density at radius 2 is 1.79 bits per heavy atom. The molecule has 2 aromatic carbocycles. The van der Waals surface area contributed by atoms with Gasteiger partial charge in [0, 0.05) is 11.6 Å². The van der Waals surface area contributed by atoms with E-state index in [1.807, 2.05) is 32.0 Å². The molecule has 1 N–H and O–H groups in total. The highest BCUT2D eigenvalue weighted by Crippen LogP contribution is 2.15. The van der Waals surface area contributed by atoms with Crippen molar-refractivity contribution in [3.8, 4) is 0 Å². The van der Waals surface area contributed by atoms with Crippen LogP contribution in [-0.4, -0.2) is 35.0 Å². The van der Waals surface area contributed by atoms with Crippen LogP contribution in [0.3, 0.4) is 0 Å². The molecular weight excluding hydrogens is 378 g/mol. The molecule has 1 heterocycles. The van der Waals surface area contributed by atoms with E-state index < -0.39 is 5.97 Å². The van der Waals surface area contributed by atoms with E-state index in [0.717, 1.165) is 17.0 Å². The maximum atomic E-state index is 12.2. The van der Waals surface area contributed by atoms with E-state index in [1.165, 1.54) is 0 Å². The van der Waals surface area contributed by atoms with Gasteiger partial charge in [0.25, 0.3) is 5.91 Å². The predicted octanol–water partition coefficient (Wildman–Crippen LogP) is 3.42. The summed E-state index contributed by atoms with van der Waals surface area (Å²) in [6.45, 7) is 3.83. The Kier molecular flexibility index (Phi) is 6.21. The second-order valence-electron chi connectivity index (χ2n) is 6.40. The fourth-order valence-electron chi connectivity index (χ4n) is 2.66. The van der Waals surface area contributed by atoms with Crippen LogP contribution in [0.1, 0.15) is 27.3 Å². The van der Waals surface area contributed by atoms with Crippen LogP contribution in [-0.2, 0) is 16.0 Å². The first-order chi connectivity index (χ1) is 13.4. The van der Waals surface area contributed by atoms with Crippen molar-refractivity contribution in [2.75, 3.05) is 13.2 Å². The lowest BCUT2D eigenvalue weighted by atomic mass is 10.1. The summed E-state index contributed by atoms with van der Waals surface area (Å²) in [5.41, 5.74) is 4.32. The predicted molar refractivity (Wildman–Crippen MR) is 107 cm³/mol. The molecule has 28 heavy (non-hydrogen) atoms. The third-order valence-electron chi connectivity index (χ3n) is 4.27. The van der Waals surface area contributed by atoms with Gasteiger partial charge in [0.15, 0.2) is 6.61 Å². The average Bonchev–Trinajstić information content (AvgIpc) is 2.67. The highest BCUT2D eigenvalue weighted by Gasteiger charge is 2.12. The molecular formula is C21H20ClN3O3. The fraction of sp³-hybridized carbons (Fsp3) is 0.238. The third-order valence-corrected chi connectivity index (χ3v) is 4.51. The molecule has 0 saturated carbocycles. The molecule has 0 spiro atoms. The molecule has 3 rings (SSSR count). The van der Waals surface area contributed by atoms with Gasteiger partial charge in [-0.1, -0.05) is 23.7 Å². The Morgan fingerprint density at radius 1 is 1.04 bits per heavy atom. The molecule has 0 aliphatic rings. The Bertz CT molecular complexity index is 1040. The molecule has 0 atom stereocenters. The van der Waals surface area contributed by atoms with E-state index >= 15 is 0 Å². The van der Waals surface area contributed by atoms with Crippen LogP contribution in [0.25, 0.3) is 11.0 Å². The van der Waals surface area contributed by atoms with E-state index in [9.17, 15) is 9.59 Å². The maximum absolute atomic E-state index is 12.2. The number of amides is 1. The zero-order valence-electron chi connectivity index (χ0n) is 15.7. The molecule has 6 nitrogen and oxygen atoms in total. The number of esters is 1. The van der Waals surface area contributed by atoms with Gasteiger partial charge in [0.05, 0.1) is 28.0 Å². The zero-order chi connectivity index (χ0) is 20.1. The lowest BCUT2D eigenvalue weighted by Gasteiger charge is -2.08. The summed E-state index contributed by atoms with van der Waals surface area (Å²) in [5.74, 6) is -0.936. The Morgan fingerprint density at radius 3 is 2.54 bits per heavy atom. The Balaban J connectivity index is 1.51. The Hall–Kier alpha value is -2.99. The summed E-state index contributed by atoms with van der Waals surface area (Å²) >= 11 is 5.93. The van der Waals surface area contributed by atoms with Crippen molar-refractivity contribution in [3.05, 3.63) is 70.0 Å². The monoisotopic (exact) mass is 397 g/mol. The van der Waals surface area contributed by atoms with Gasteiger partial charge in [-0.05, 0) is 56.2 Å². The lowest BCUT2D eigenvalue weighted by molar-refractivity contribution is -0.124. The number of carbonyl (C=O) groups is 2. The third kappa shape index (κ3) is 5.04. The van der Waals surface area contributed by atoms with Crippen LogP contribution in [0.5, 0.6) is 0 Å². The number of aryl methyl sites for hydroxylation is 2. The van der Waals surface area contributed by atoms with Crippen LogP contribution >= 0.6 is 11.6 Å². The molecule has 3 aromatic rings. The number of benzene rings is 2. The summed E-state index contributed by atoms with van der Waals surface area (Å²) < 4.78 is 5.09. The zero-order valence-corrected chi connectivity index (χ0v) is 16.4. The molecule has 7 heteroatoms. The number of carbonyl (C=O) groups excluding carboxylic acids is 2. The summed E-state index contributed by atoms with van der Waals surface area (Å²) in [6.07, 6.45) is 0.641. The number of halogens is 1. The molecule has 1 amide bonds. The van der Waals surface area contributed by atoms with Gasteiger partial charge in [-0.15, -0.1) is 0 Å². The number of nitrogens with one attached hydrogen (secondary N) is 1. The molecule has 0 saturated heterocycles. The highest BCUT2D eigenvalue weighted by molar-refractivity contribution is 6.30. The molecule has 0 fully saturated rings. The van der Waals surface area contributed by atoms with Crippen LogP contribution in [0.2, 0.25) is 5.02 Å². The largest absolute Gasteiger partial charge is 0.452 e. The molecule has 0 unspecified atom stereocenters. The topological polar surface area (TPSA) is 81.2 Å². The van der Waals surface area contributed by atoms with Crippen molar-refractivity contribution in [3.63, 3.8) is 0 Å². The van der Waals surface area contributed by atoms with Gasteiger partial charge in [-0.25, -0.2) is 14.8 Å². The number of hydrogen-bond acceptors (Lipinski definition) is 5. The second kappa shape index (κ2) is 8.80. The smallest absolute Gasteiger partial charge is 0.338 e. The van der Waals surface area contributed by atoms with Gasteiger partial charge in [0.1, 0.15) is 0 Å². The van der Waals surface area contributed by atoms with Gasteiger partial charge in [-0.3, -0.25) is 4.79 Å². The number of hydrogen-bond donors (Lipinski definition) is 1.